The second-order valence-corrected chi connectivity index (χ2v) is 9.34. The van der Waals surface area contributed by atoms with Gasteiger partial charge in [0.2, 0.25) is 5.60 Å². The Morgan fingerprint density at radius 3 is 2.37 bits per heavy atom. The van der Waals surface area contributed by atoms with Crippen molar-refractivity contribution < 1.29 is 41.5 Å². The van der Waals surface area contributed by atoms with E-state index in [2.05, 4.69) is 15.2 Å². The van der Waals surface area contributed by atoms with Gasteiger partial charge in [-0.05, 0) is 36.8 Å². The van der Waals surface area contributed by atoms with Crippen molar-refractivity contribution >= 4 is 34.0 Å². The maximum Gasteiger partial charge on any atom is 0.573 e. The lowest BCUT2D eigenvalue weighted by atomic mass is 9.94. The summed E-state index contributed by atoms with van der Waals surface area (Å²) in [5.74, 6) is -0.489. The number of alkyl carbamates (subject to hydrolysis) is 1. The lowest BCUT2D eigenvalue weighted by molar-refractivity contribution is -0.274. The maximum absolute atomic E-state index is 13.8. The Morgan fingerprint density at radius 2 is 1.71 bits per heavy atom. The number of benzene rings is 3. The molecule has 3 aromatic carbocycles. The number of fused-ring (bicyclic) bond motifs is 2. The number of alkyl halides is 3. The predicted molar refractivity (Wildman–Crippen MR) is 136 cm³/mol. The summed E-state index contributed by atoms with van der Waals surface area (Å²) >= 11 is 0. The van der Waals surface area contributed by atoms with Gasteiger partial charge in [-0.1, -0.05) is 29.4 Å². The number of rotatable bonds is 6. The number of imidazole rings is 1. The summed E-state index contributed by atoms with van der Waals surface area (Å²) in [7, 11) is 1.49. The Bertz CT molecular complexity index is 1910. The molecule has 6 rings (SSSR count). The van der Waals surface area contributed by atoms with Crippen LogP contribution in [0.4, 0.5) is 18.0 Å². The molecular weight excluding hydrogens is 549 g/mol. The van der Waals surface area contributed by atoms with Crippen molar-refractivity contribution in [3.63, 3.8) is 0 Å². The molecule has 41 heavy (non-hydrogen) atoms. The van der Waals surface area contributed by atoms with Crippen LogP contribution in [0, 0.1) is 0 Å². The lowest BCUT2D eigenvalue weighted by Crippen LogP contribution is -2.33. The molecule has 1 N–H and O–H groups in total. The van der Waals surface area contributed by atoms with Gasteiger partial charge in [0.15, 0.2) is 11.4 Å². The van der Waals surface area contributed by atoms with Crippen LogP contribution >= 0.6 is 0 Å². The minimum absolute atomic E-state index is 0.0651. The van der Waals surface area contributed by atoms with Crippen LogP contribution in [-0.4, -0.2) is 39.8 Å². The minimum Gasteiger partial charge on any atom is -0.497 e. The molecule has 1 fully saturated rings. The highest BCUT2D eigenvalue weighted by molar-refractivity contribution is 6.03. The molecule has 0 radical (unpaired) electrons. The van der Waals surface area contributed by atoms with Crippen molar-refractivity contribution in [1.29, 1.82) is 0 Å². The third kappa shape index (κ3) is 4.42. The third-order valence-corrected chi connectivity index (χ3v) is 6.80. The van der Waals surface area contributed by atoms with Crippen molar-refractivity contribution in [2.75, 3.05) is 7.11 Å². The molecular formula is C27H19F3N4O7. The summed E-state index contributed by atoms with van der Waals surface area (Å²) in [6.45, 7) is 1.38. The van der Waals surface area contributed by atoms with E-state index in [0.29, 0.717) is 27.8 Å². The van der Waals surface area contributed by atoms with Crippen LogP contribution in [0.1, 0.15) is 18.1 Å². The standard InChI is InChI=1S/C27H19F3N4O7/c1-26(23(35)31-24(36)40-26)15-5-3-14(4-6-15)13-33-20-11-17(39-27(28,29)30)8-10-19(20)34(25(33)37)22-18-9-7-16(38-2)12-21(18)41-32-22/h3-12H,13H2,1-2H3,(H,31,35,36)/t26-/m1/s1. The molecule has 0 bridgehead atoms. The van der Waals surface area contributed by atoms with E-state index in [1.807, 2.05) is 0 Å². The lowest BCUT2D eigenvalue weighted by Gasteiger charge is -2.19. The largest absolute Gasteiger partial charge is 0.573 e. The van der Waals surface area contributed by atoms with Gasteiger partial charge in [-0.15, -0.1) is 13.2 Å². The number of hydrogen-bond donors (Lipinski definition) is 1. The second kappa shape index (κ2) is 9.15. The van der Waals surface area contributed by atoms with E-state index in [1.165, 1.54) is 29.2 Å². The van der Waals surface area contributed by atoms with Crippen LogP contribution in [0.3, 0.4) is 0 Å². The van der Waals surface area contributed by atoms with Crippen LogP contribution in [0.2, 0.25) is 0 Å². The molecule has 1 aliphatic rings. The van der Waals surface area contributed by atoms with Gasteiger partial charge in [-0.2, -0.15) is 0 Å². The molecule has 0 aliphatic carbocycles. The van der Waals surface area contributed by atoms with Crippen molar-refractivity contribution in [3.05, 3.63) is 82.3 Å². The number of halogens is 3. The van der Waals surface area contributed by atoms with Gasteiger partial charge in [-0.3, -0.25) is 14.7 Å². The summed E-state index contributed by atoms with van der Waals surface area (Å²) in [5, 5.41) is 6.62. The van der Waals surface area contributed by atoms with Gasteiger partial charge in [0.25, 0.3) is 5.91 Å². The summed E-state index contributed by atoms with van der Waals surface area (Å²) in [6.07, 6.45) is -5.80. The van der Waals surface area contributed by atoms with Crippen LogP contribution in [0.25, 0.3) is 27.8 Å². The van der Waals surface area contributed by atoms with Gasteiger partial charge in [0.05, 0.1) is 30.1 Å². The fraction of sp³-hybridized carbons (Fsp3) is 0.185. The van der Waals surface area contributed by atoms with Gasteiger partial charge in [0.1, 0.15) is 11.5 Å². The fourth-order valence-electron chi connectivity index (χ4n) is 4.75. The number of ether oxygens (including phenoxy) is 3. The maximum atomic E-state index is 13.8. The first-order valence-electron chi connectivity index (χ1n) is 12.1. The Labute approximate surface area is 227 Å². The molecule has 2 aromatic heterocycles. The molecule has 14 heteroatoms. The van der Waals surface area contributed by atoms with Crippen LogP contribution in [0.5, 0.6) is 11.5 Å². The van der Waals surface area contributed by atoms with Gasteiger partial charge in [-0.25, -0.2) is 14.2 Å². The van der Waals surface area contributed by atoms with Crippen molar-refractivity contribution in [2.45, 2.75) is 25.4 Å². The van der Waals surface area contributed by atoms with E-state index in [4.69, 9.17) is 14.0 Å². The predicted octanol–water partition coefficient (Wildman–Crippen LogP) is 4.37. The number of aromatic nitrogens is 3. The number of methoxy groups -OCH3 is 1. The molecule has 2 amide bonds. The molecule has 0 saturated carbocycles. The number of nitrogens with one attached hydrogen (secondary N) is 1. The zero-order chi connectivity index (χ0) is 29.1. The zero-order valence-corrected chi connectivity index (χ0v) is 21.3. The first-order valence-corrected chi connectivity index (χ1v) is 12.1. The normalized spacial score (nSPS) is 17.2. The minimum atomic E-state index is -4.94. The quantitative estimate of drug-likeness (QED) is 0.320. The highest BCUT2D eigenvalue weighted by Crippen LogP contribution is 2.32. The number of amides is 2. The smallest absolute Gasteiger partial charge is 0.497 e. The van der Waals surface area contributed by atoms with Crippen LogP contribution in [0.15, 0.2) is 70.0 Å². The highest BCUT2D eigenvalue weighted by Gasteiger charge is 2.46. The van der Waals surface area contributed by atoms with Crippen molar-refractivity contribution in [3.8, 4) is 17.3 Å². The Hall–Kier alpha value is -5.27. The Balaban J connectivity index is 1.46. The zero-order valence-electron chi connectivity index (χ0n) is 21.3. The molecule has 1 saturated heterocycles. The monoisotopic (exact) mass is 568 g/mol. The van der Waals surface area contributed by atoms with Crippen LogP contribution in [-0.2, 0) is 21.7 Å². The molecule has 5 aromatic rings. The molecule has 210 valence electrons. The first-order chi connectivity index (χ1) is 19.5. The second-order valence-electron chi connectivity index (χ2n) is 9.34. The summed E-state index contributed by atoms with van der Waals surface area (Å²) in [4.78, 5) is 37.6. The van der Waals surface area contributed by atoms with E-state index in [9.17, 15) is 27.6 Å². The molecule has 1 aliphatic heterocycles. The average Bonchev–Trinajstić information content (AvgIpc) is 3.54. The van der Waals surface area contributed by atoms with Crippen molar-refractivity contribution in [1.82, 2.24) is 19.6 Å². The number of carbonyl (C=O) groups is 2. The van der Waals surface area contributed by atoms with Gasteiger partial charge >= 0.3 is 18.1 Å². The number of carbonyl (C=O) groups excluding carboxylic acids is 2. The Morgan fingerprint density at radius 1 is 0.976 bits per heavy atom. The van der Waals surface area contributed by atoms with E-state index in [0.717, 1.165) is 12.1 Å². The van der Waals surface area contributed by atoms with Gasteiger partial charge < -0.3 is 18.7 Å². The number of nitrogens with zero attached hydrogens (tertiary/aromatic N) is 3. The van der Waals surface area contributed by atoms with Crippen molar-refractivity contribution in [2.24, 2.45) is 0 Å². The fourth-order valence-corrected chi connectivity index (χ4v) is 4.75. The molecule has 3 heterocycles. The summed E-state index contributed by atoms with van der Waals surface area (Å²) in [6, 6.07) is 14.8. The SMILES string of the molecule is COc1ccc2c(-n3c(=O)n(Cc4ccc([C@@]5(C)OC(=O)NC5=O)cc4)c4cc(OC(F)(F)F)ccc43)noc2c1. The number of cyclic esters (lactones) is 1. The molecule has 0 unspecified atom stereocenters. The average molecular weight is 568 g/mol. The topological polar surface area (TPSA) is 127 Å². The van der Waals surface area contributed by atoms with E-state index >= 15 is 0 Å². The van der Waals surface area contributed by atoms with E-state index in [1.54, 1.807) is 42.5 Å². The highest BCUT2D eigenvalue weighted by atomic mass is 19.4. The summed E-state index contributed by atoms with van der Waals surface area (Å²) < 4.78 is 61.3. The third-order valence-electron chi connectivity index (χ3n) is 6.80. The first kappa shape index (κ1) is 26.0. The van der Waals surface area contributed by atoms with E-state index < -0.39 is 35.4 Å². The summed E-state index contributed by atoms with van der Waals surface area (Å²) in [5.41, 5.74) is -0.427. The molecule has 0 spiro atoms. The molecule has 11 nitrogen and oxygen atoms in total. The number of hydrogen-bond acceptors (Lipinski definition) is 8. The van der Waals surface area contributed by atoms with E-state index in [-0.39, 0.29) is 23.4 Å². The molecule has 1 atom stereocenters. The van der Waals surface area contributed by atoms with Gasteiger partial charge in [0, 0.05) is 17.7 Å². The van der Waals surface area contributed by atoms with Crippen LogP contribution < -0.4 is 20.5 Å². The Kier molecular flexibility index (Phi) is 5.79. The number of imide groups is 1.